The first-order valence-electron chi connectivity index (χ1n) is 8.11. The van der Waals surface area contributed by atoms with Crippen LogP contribution in [0.3, 0.4) is 0 Å². The van der Waals surface area contributed by atoms with Gasteiger partial charge in [0, 0.05) is 22.8 Å². The van der Waals surface area contributed by atoms with Crippen LogP contribution in [-0.4, -0.2) is 39.1 Å². The Bertz CT molecular complexity index is 871. The first-order chi connectivity index (χ1) is 12.2. The third-order valence-corrected chi connectivity index (χ3v) is 5.31. The fourth-order valence-electron chi connectivity index (χ4n) is 2.74. The monoisotopic (exact) mass is 442 g/mol. The molecule has 142 valence electrons. The molecule has 1 atom stereocenters. The topological polar surface area (TPSA) is 91.5 Å². The van der Waals surface area contributed by atoms with Crippen molar-refractivity contribution < 1.29 is 17.9 Å². The van der Waals surface area contributed by atoms with E-state index < -0.39 is 9.84 Å². The minimum Gasteiger partial charge on any atom is -0.493 e. The highest BCUT2D eigenvalue weighted by atomic mass is 79.9. The fraction of sp³-hybridized carbons (Fsp3) is 0.389. The molecule has 2 N–H and O–H groups in total. The van der Waals surface area contributed by atoms with Gasteiger partial charge in [-0.15, -0.1) is 0 Å². The van der Waals surface area contributed by atoms with Crippen molar-refractivity contribution in [3.05, 3.63) is 46.2 Å². The molecule has 0 amide bonds. The van der Waals surface area contributed by atoms with Crippen molar-refractivity contribution in [2.75, 3.05) is 31.5 Å². The summed E-state index contributed by atoms with van der Waals surface area (Å²) in [6, 6.07) is 7.23. The van der Waals surface area contributed by atoms with E-state index in [9.17, 15) is 8.42 Å². The van der Waals surface area contributed by atoms with E-state index in [1.54, 1.807) is 25.4 Å². The van der Waals surface area contributed by atoms with Crippen LogP contribution in [0.25, 0.3) is 0 Å². The van der Waals surface area contributed by atoms with Crippen molar-refractivity contribution in [3.8, 4) is 11.5 Å². The average Bonchev–Trinajstić information content (AvgIpc) is 2.55. The van der Waals surface area contributed by atoms with Gasteiger partial charge in [-0.05, 0) is 53.0 Å². The zero-order valence-corrected chi connectivity index (χ0v) is 17.4. The van der Waals surface area contributed by atoms with E-state index in [0.717, 1.165) is 10.0 Å². The number of rotatable bonds is 8. The van der Waals surface area contributed by atoms with Gasteiger partial charge < -0.3 is 15.2 Å². The highest BCUT2D eigenvalue weighted by Crippen LogP contribution is 2.33. The molecule has 1 aromatic heterocycles. The van der Waals surface area contributed by atoms with Gasteiger partial charge in [-0.1, -0.05) is 6.07 Å². The van der Waals surface area contributed by atoms with Crippen LogP contribution >= 0.6 is 15.9 Å². The molecule has 2 rings (SSSR count). The van der Waals surface area contributed by atoms with Gasteiger partial charge in [0.2, 0.25) is 0 Å². The standard InChI is InChI=1S/C18H23BrN2O4S/c1-4-25-18-8-12(5-6-17(18)24-2)13(11-26(3,22)23)7-16-15(20)9-14(19)10-21-16/h5-6,8-10,13H,4,7,11,20H2,1-3H3/t13-/m1/s1. The summed E-state index contributed by atoms with van der Waals surface area (Å²) in [5.74, 6) is 0.881. The van der Waals surface area contributed by atoms with E-state index in [2.05, 4.69) is 20.9 Å². The summed E-state index contributed by atoms with van der Waals surface area (Å²) in [4.78, 5) is 4.34. The number of hydrogen-bond donors (Lipinski definition) is 1. The quantitative estimate of drug-likeness (QED) is 0.674. The SMILES string of the molecule is CCOc1cc([C@H](Cc2ncc(Br)cc2N)CS(C)(=O)=O)ccc1OC. The lowest BCUT2D eigenvalue weighted by Gasteiger charge is -2.19. The van der Waals surface area contributed by atoms with E-state index in [-0.39, 0.29) is 11.7 Å². The number of anilines is 1. The van der Waals surface area contributed by atoms with Crippen molar-refractivity contribution in [2.45, 2.75) is 19.3 Å². The Morgan fingerprint density at radius 3 is 2.58 bits per heavy atom. The predicted octanol–water partition coefficient (Wildman–Crippen LogP) is 3.20. The minimum absolute atomic E-state index is 0.0118. The second-order valence-corrected chi connectivity index (χ2v) is 9.13. The van der Waals surface area contributed by atoms with Gasteiger partial charge in [0.1, 0.15) is 9.84 Å². The van der Waals surface area contributed by atoms with Crippen molar-refractivity contribution >= 4 is 31.5 Å². The van der Waals surface area contributed by atoms with Gasteiger partial charge >= 0.3 is 0 Å². The molecule has 0 saturated carbocycles. The van der Waals surface area contributed by atoms with Crippen LogP contribution in [0.1, 0.15) is 24.1 Å². The largest absolute Gasteiger partial charge is 0.493 e. The molecule has 0 aliphatic heterocycles. The molecule has 6 nitrogen and oxygen atoms in total. The average molecular weight is 443 g/mol. The molecule has 0 fully saturated rings. The van der Waals surface area contributed by atoms with Crippen molar-refractivity contribution in [2.24, 2.45) is 0 Å². The minimum atomic E-state index is -3.20. The van der Waals surface area contributed by atoms with E-state index in [0.29, 0.717) is 35.9 Å². The zero-order valence-electron chi connectivity index (χ0n) is 15.0. The van der Waals surface area contributed by atoms with E-state index >= 15 is 0 Å². The van der Waals surface area contributed by atoms with Crippen LogP contribution in [0, 0.1) is 0 Å². The van der Waals surface area contributed by atoms with Crippen LogP contribution in [-0.2, 0) is 16.3 Å². The number of ether oxygens (including phenoxy) is 2. The maximum atomic E-state index is 12.0. The number of halogens is 1. The lowest BCUT2D eigenvalue weighted by Crippen LogP contribution is -2.17. The van der Waals surface area contributed by atoms with E-state index in [1.165, 1.54) is 6.26 Å². The summed E-state index contributed by atoms with van der Waals surface area (Å²) >= 11 is 3.33. The molecular formula is C18H23BrN2O4S. The first-order valence-corrected chi connectivity index (χ1v) is 11.0. The summed E-state index contributed by atoms with van der Waals surface area (Å²) in [6.07, 6.45) is 3.29. The molecule has 0 spiro atoms. The number of nitrogens with zero attached hydrogens (tertiary/aromatic N) is 1. The number of hydrogen-bond acceptors (Lipinski definition) is 6. The number of pyridine rings is 1. The smallest absolute Gasteiger partial charge is 0.161 e. The van der Waals surface area contributed by atoms with Gasteiger partial charge in [-0.3, -0.25) is 4.98 Å². The maximum absolute atomic E-state index is 12.0. The molecule has 1 aromatic carbocycles. The number of aromatic nitrogens is 1. The third kappa shape index (κ3) is 5.60. The molecule has 1 heterocycles. The van der Waals surface area contributed by atoms with Crippen LogP contribution in [0.15, 0.2) is 34.9 Å². The molecule has 0 aliphatic rings. The van der Waals surface area contributed by atoms with Gasteiger partial charge in [0.25, 0.3) is 0 Å². The van der Waals surface area contributed by atoms with Crippen molar-refractivity contribution in [1.82, 2.24) is 4.98 Å². The van der Waals surface area contributed by atoms with Gasteiger partial charge in [-0.25, -0.2) is 8.42 Å². The summed E-state index contributed by atoms with van der Waals surface area (Å²) in [5, 5.41) is 0. The predicted molar refractivity (Wildman–Crippen MR) is 107 cm³/mol. The molecule has 0 bridgehead atoms. The molecule has 8 heteroatoms. The van der Waals surface area contributed by atoms with Crippen LogP contribution in [0.4, 0.5) is 5.69 Å². The third-order valence-electron chi connectivity index (χ3n) is 3.87. The number of nitrogens with two attached hydrogens (primary N) is 1. The Hall–Kier alpha value is -1.80. The highest BCUT2D eigenvalue weighted by molar-refractivity contribution is 9.10. The Kier molecular flexibility index (Phi) is 6.88. The Morgan fingerprint density at radius 2 is 2.00 bits per heavy atom. The van der Waals surface area contributed by atoms with E-state index in [4.69, 9.17) is 15.2 Å². The molecular weight excluding hydrogens is 420 g/mol. The van der Waals surface area contributed by atoms with Crippen LogP contribution in [0.5, 0.6) is 11.5 Å². The Balaban J connectivity index is 2.42. The second-order valence-electron chi connectivity index (χ2n) is 6.03. The van der Waals surface area contributed by atoms with Gasteiger partial charge in [-0.2, -0.15) is 0 Å². The first kappa shape index (κ1) is 20.5. The lowest BCUT2D eigenvalue weighted by molar-refractivity contribution is 0.310. The fourth-order valence-corrected chi connectivity index (χ4v) is 4.13. The normalized spacial score (nSPS) is 12.6. The molecule has 0 radical (unpaired) electrons. The summed E-state index contributed by atoms with van der Waals surface area (Å²) < 4.78 is 35.6. The molecule has 0 unspecified atom stereocenters. The van der Waals surface area contributed by atoms with Crippen LogP contribution in [0.2, 0.25) is 0 Å². The molecule has 0 saturated heterocycles. The summed E-state index contributed by atoms with van der Waals surface area (Å²) in [7, 11) is -1.64. The van der Waals surface area contributed by atoms with Crippen molar-refractivity contribution in [3.63, 3.8) is 0 Å². The maximum Gasteiger partial charge on any atom is 0.161 e. The second kappa shape index (κ2) is 8.73. The van der Waals surface area contributed by atoms with Gasteiger partial charge in [0.05, 0.1) is 30.9 Å². The number of methoxy groups -OCH3 is 1. The molecule has 2 aromatic rings. The van der Waals surface area contributed by atoms with E-state index in [1.807, 2.05) is 19.1 Å². The number of sulfone groups is 1. The molecule has 0 aliphatic carbocycles. The van der Waals surface area contributed by atoms with Crippen LogP contribution < -0.4 is 15.2 Å². The Labute approximate surface area is 162 Å². The number of nitrogen functional groups attached to an aromatic ring is 1. The summed E-state index contributed by atoms with van der Waals surface area (Å²) in [5.41, 5.74) is 8.07. The van der Waals surface area contributed by atoms with Gasteiger partial charge in [0.15, 0.2) is 11.5 Å². The molecule has 26 heavy (non-hydrogen) atoms. The highest BCUT2D eigenvalue weighted by Gasteiger charge is 2.21. The van der Waals surface area contributed by atoms with Crippen molar-refractivity contribution in [1.29, 1.82) is 0 Å². The lowest BCUT2D eigenvalue weighted by atomic mass is 9.95. The Morgan fingerprint density at radius 1 is 1.27 bits per heavy atom. The summed E-state index contributed by atoms with van der Waals surface area (Å²) in [6.45, 7) is 2.37. The zero-order chi connectivity index (χ0) is 19.3. The number of benzene rings is 1.